The summed E-state index contributed by atoms with van der Waals surface area (Å²) in [5.74, 6) is -0.224. The highest BCUT2D eigenvalue weighted by molar-refractivity contribution is 5.94. The normalized spacial score (nSPS) is 24.8. The Balaban J connectivity index is 0.741. The number of likely N-dealkylation sites (tertiary alicyclic amines) is 3. The fraction of sp³-hybridized carbons (Fsp3) is 0.430. The van der Waals surface area contributed by atoms with Crippen LogP contribution in [0.3, 0.4) is 0 Å². The zero-order chi connectivity index (χ0) is 66.9. The number of hydrogen-bond acceptors (Lipinski definition) is 12. The van der Waals surface area contributed by atoms with Crippen LogP contribution in [0.1, 0.15) is 182 Å². The first-order valence-electron chi connectivity index (χ1n) is 34.7. The molecular formula is C79H89N7O11. The highest BCUT2D eigenvalue weighted by atomic mass is 16.5. The van der Waals surface area contributed by atoms with Crippen LogP contribution in [0.25, 0.3) is 32.7 Å². The van der Waals surface area contributed by atoms with E-state index in [2.05, 4.69) is 97.3 Å². The van der Waals surface area contributed by atoms with Crippen molar-refractivity contribution in [1.29, 1.82) is 0 Å². The van der Waals surface area contributed by atoms with Crippen LogP contribution in [0.2, 0.25) is 0 Å². The molecule has 7 atom stereocenters. The second-order valence-corrected chi connectivity index (χ2v) is 29.1. The molecular weight excluding hydrogens is 1220 g/mol. The van der Waals surface area contributed by atoms with Crippen LogP contribution in [0.5, 0.6) is 17.2 Å². The minimum absolute atomic E-state index is 0.00558. The monoisotopic (exact) mass is 1310 g/mol. The number of carbonyl (C=O) groups is 3. The second-order valence-electron chi connectivity index (χ2n) is 29.1. The second kappa shape index (κ2) is 26.1. The van der Waals surface area contributed by atoms with Gasteiger partial charge >= 0.3 is 17.9 Å². The molecule has 9 aromatic rings. The number of fused-ring (bicyclic) bond motifs is 3. The number of nitrogens with one attached hydrogen (secondary N) is 4. The summed E-state index contributed by atoms with van der Waals surface area (Å²) in [5, 5.41) is 38.7. The van der Waals surface area contributed by atoms with Crippen molar-refractivity contribution in [1.82, 2.24) is 35.0 Å². The summed E-state index contributed by atoms with van der Waals surface area (Å²) in [6.07, 6.45) is 16.1. The van der Waals surface area contributed by atoms with Gasteiger partial charge in [0.1, 0.15) is 17.2 Å². The fourth-order valence-corrected chi connectivity index (χ4v) is 18.2. The number of methoxy groups -OCH3 is 3. The van der Waals surface area contributed by atoms with Gasteiger partial charge < -0.3 is 59.3 Å². The third-order valence-electron chi connectivity index (χ3n) is 23.3. The molecule has 0 bridgehead atoms. The van der Waals surface area contributed by atoms with Crippen molar-refractivity contribution >= 4 is 50.6 Å². The molecule has 3 aromatic heterocycles. The first kappa shape index (κ1) is 64.5. The number of aromatic carboxylic acids is 3. The van der Waals surface area contributed by atoms with Crippen LogP contribution in [0, 0.1) is 18.3 Å². The molecule has 97 heavy (non-hydrogen) atoms. The third-order valence-corrected chi connectivity index (χ3v) is 23.3. The topological polar surface area (TPSA) is 227 Å². The number of benzene rings is 6. The van der Waals surface area contributed by atoms with Crippen LogP contribution in [0.4, 0.5) is 0 Å². The molecule has 9 heterocycles. The number of aromatic amines is 3. The van der Waals surface area contributed by atoms with E-state index in [1.165, 1.54) is 0 Å². The molecule has 6 aliphatic heterocycles. The lowest BCUT2D eigenvalue weighted by molar-refractivity contribution is -0.0678. The molecule has 506 valence electrons. The number of H-pyrrole nitrogens is 3. The number of carboxylic acids is 3. The first-order valence-corrected chi connectivity index (χ1v) is 34.7. The molecule has 18 nitrogen and oxygen atoms in total. The van der Waals surface area contributed by atoms with Gasteiger partial charge in [0.05, 0.1) is 50.2 Å². The highest BCUT2D eigenvalue weighted by Gasteiger charge is 2.48. The molecule has 18 heteroatoms. The van der Waals surface area contributed by atoms with Crippen molar-refractivity contribution in [2.24, 2.45) is 11.3 Å². The van der Waals surface area contributed by atoms with E-state index >= 15 is 0 Å². The van der Waals surface area contributed by atoms with Crippen LogP contribution >= 0.6 is 0 Å². The van der Waals surface area contributed by atoms with Gasteiger partial charge in [0.15, 0.2) is 0 Å². The van der Waals surface area contributed by atoms with Crippen LogP contribution in [0.15, 0.2) is 116 Å². The summed E-state index contributed by atoms with van der Waals surface area (Å²) in [6, 6.07) is 31.7. The molecule has 0 aliphatic carbocycles. The summed E-state index contributed by atoms with van der Waals surface area (Å²) in [5.41, 5.74) is 14.2. The molecule has 6 aromatic carbocycles. The smallest absolute Gasteiger partial charge is 0.335 e. The molecule has 0 amide bonds. The van der Waals surface area contributed by atoms with Gasteiger partial charge in [-0.3, -0.25) is 14.7 Å². The van der Waals surface area contributed by atoms with Crippen molar-refractivity contribution in [3.05, 3.63) is 194 Å². The SMILES string of the molecule is COc1cc(C)c2[nH]ccc2c1CN1CCC2(CCCN2)C[C@H]1c1ccc(C(=O)O)c(Cc2cc(OC)c(CN3CCC4(CC(C)CO4)C[C@H]3c3ccc(C(=O)O)c(Cc4cc(OC)c(CN5CCC6(CCOC6)C[C@H]5c5ccc(C(=O)O)cc5)c5cc[nH]c45)c3)c3cc[nH]c23)c1. The molecule has 6 aliphatic rings. The summed E-state index contributed by atoms with van der Waals surface area (Å²) >= 11 is 0. The quantitative estimate of drug-likeness (QED) is 0.0400. The Morgan fingerprint density at radius 1 is 0.546 bits per heavy atom. The maximum atomic E-state index is 13.4. The molecule has 6 fully saturated rings. The van der Waals surface area contributed by atoms with E-state index in [0.29, 0.717) is 56.3 Å². The summed E-state index contributed by atoms with van der Waals surface area (Å²) in [6.45, 7) is 11.7. The van der Waals surface area contributed by atoms with E-state index in [9.17, 15) is 29.7 Å². The first-order chi connectivity index (χ1) is 47.0. The largest absolute Gasteiger partial charge is 0.496 e. The number of nitrogens with zero attached hydrogens (tertiary/aromatic N) is 3. The lowest BCUT2D eigenvalue weighted by Crippen LogP contribution is -2.51. The van der Waals surface area contributed by atoms with Crippen molar-refractivity contribution in [3.63, 3.8) is 0 Å². The molecule has 3 spiro atoms. The summed E-state index contributed by atoms with van der Waals surface area (Å²) in [4.78, 5) is 56.9. The van der Waals surface area contributed by atoms with Crippen LogP contribution in [-0.4, -0.2) is 141 Å². The van der Waals surface area contributed by atoms with Gasteiger partial charge in [-0.25, -0.2) is 14.4 Å². The molecule has 0 radical (unpaired) electrons. The lowest BCUT2D eigenvalue weighted by Gasteiger charge is -2.46. The van der Waals surface area contributed by atoms with E-state index < -0.39 is 17.9 Å². The number of ether oxygens (including phenoxy) is 5. The van der Waals surface area contributed by atoms with Gasteiger partial charge in [-0.2, -0.15) is 0 Å². The van der Waals surface area contributed by atoms with Crippen LogP contribution in [-0.2, 0) is 41.9 Å². The number of aryl methyl sites for hydroxylation is 1. The molecule has 4 unspecified atom stereocenters. The van der Waals surface area contributed by atoms with E-state index in [4.69, 9.17) is 23.7 Å². The van der Waals surface area contributed by atoms with E-state index in [1.54, 1.807) is 39.5 Å². The van der Waals surface area contributed by atoms with Crippen molar-refractivity contribution in [3.8, 4) is 17.2 Å². The molecule has 15 rings (SSSR count). The Kier molecular flexibility index (Phi) is 17.3. The third kappa shape index (κ3) is 12.1. The number of piperidine rings is 3. The molecule has 0 saturated carbocycles. The van der Waals surface area contributed by atoms with E-state index in [-0.39, 0.29) is 51.4 Å². The van der Waals surface area contributed by atoms with Crippen molar-refractivity contribution in [2.75, 3.05) is 67.3 Å². The molecule has 7 N–H and O–H groups in total. The number of aromatic nitrogens is 3. The van der Waals surface area contributed by atoms with Gasteiger partial charge in [-0.15, -0.1) is 0 Å². The number of carboxylic acid groups (broad SMARTS) is 3. The van der Waals surface area contributed by atoms with Gasteiger partial charge in [0.25, 0.3) is 0 Å². The minimum atomic E-state index is -0.999. The van der Waals surface area contributed by atoms with Crippen molar-refractivity contribution in [2.45, 2.75) is 140 Å². The zero-order valence-corrected chi connectivity index (χ0v) is 56.3. The lowest BCUT2D eigenvalue weighted by atomic mass is 9.73. The maximum absolute atomic E-state index is 13.4. The van der Waals surface area contributed by atoms with Gasteiger partial charge in [0, 0.05) is 150 Å². The van der Waals surface area contributed by atoms with Crippen molar-refractivity contribution < 1.29 is 53.4 Å². The van der Waals surface area contributed by atoms with Gasteiger partial charge in [-0.1, -0.05) is 43.3 Å². The Labute approximate surface area is 565 Å². The number of hydrogen-bond donors (Lipinski definition) is 7. The standard InChI is InChI=1S/C79H89N7O11/c1-47-38-79(97-45-47)21-29-86(67(41-79)52-12-14-58(76(91)92)54(33-52)35-56-36-69(94-4)63(60-16-25-81-72(56)60)43-84-27-19-77(22-30-96-46-77)39-65(84)49-7-9-50(10-8-49)74(87)88)44-64-61-17-26-82-73(61)55(37-70(64)95-5)34-53-32-51(11-13-57(53)75(89)90)66-40-78(18-6-23-83-78)20-28-85(66)42-62-59-15-24-80-71(59)48(2)31-68(62)93-3/h7-17,24-26,31-33,36-37,47,65-67,80-83H,6,18-23,27-30,34-35,38-46H2,1-5H3,(H,87,88)(H,89,90)(H,91,92)/t47?,65-,66-,67-,77?,78?,79?/m0/s1. The average Bonchev–Trinajstić information content (AvgIpc) is 1.76. The zero-order valence-electron chi connectivity index (χ0n) is 56.3. The highest BCUT2D eigenvalue weighted by Crippen LogP contribution is 2.51. The fourth-order valence-electron chi connectivity index (χ4n) is 18.2. The predicted octanol–water partition coefficient (Wildman–Crippen LogP) is 14.1. The van der Waals surface area contributed by atoms with E-state index in [1.807, 2.05) is 48.9 Å². The van der Waals surface area contributed by atoms with Gasteiger partial charge in [0.2, 0.25) is 0 Å². The summed E-state index contributed by atoms with van der Waals surface area (Å²) < 4.78 is 31.6. The predicted molar refractivity (Wildman–Crippen MR) is 373 cm³/mol. The minimum Gasteiger partial charge on any atom is -0.496 e. The Morgan fingerprint density at radius 2 is 1.06 bits per heavy atom. The average molecular weight is 1310 g/mol. The Morgan fingerprint density at radius 3 is 1.57 bits per heavy atom. The summed E-state index contributed by atoms with van der Waals surface area (Å²) in [7, 11) is 5.16. The maximum Gasteiger partial charge on any atom is 0.335 e. The Bertz CT molecular complexity index is 4480. The van der Waals surface area contributed by atoms with Crippen LogP contribution < -0.4 is 19.5 Å². The van der Waals surface area contributed by atoms with Gasteiger partial charge in [-0.05, 0) is 201 Å². The Hall–Kier alpha value is -8.49. The number of rotatable bonds is 19. The van der Waals surface area contributed by atoms with E-state index in [0.717, 1.165) is 203 Å². The molecule has 6 saturated heterocycles.